The van der Waals surface area contributed by atoms with E-state index in [-0.39, 0.29) is 12.0 Å². The van der Waals surface area contributed by atoms with Gasteiger partial charge in [0.25, 0.3) is 0 Å². The number of pyridine rings is 1. The third kappa shape index (κ3) is 3.14. The van der Waals surface area contributed by atoms with E-state index < -0.39 is 6.09 Å². The number of anilines is 1. The number of fused-ring (bicyclic) bond motifs is 1. The zero-order valence-corrected chi connectivity index (χ0v) is 15.3. The molecule has 142 valence electrons. The predicted octanol–water partition coefficient (Wildman–Crippen LogP) is 2.29. The number of aliphatic hydroxyl groups excluding tert-OH is 1. The lowest BCUT2D eigenvalue weighted by Crippen LogP contribution is -2.24. The topological polar surface area (TPSA) is 109 Å². The van der Waals surface area contributed by atoms with Crippen LogP contribution in [-0.4, -0.2) is 54.0 Å². The number of amides is 1. The molecule has 1 saturated carbocycles. The second-order valence-corrected chi connectivity index (χ2v) is 7.08. The molecule has 0 aliphatic heterocycles. The number of carboxylic acid groups (broad SMARTS) is 1. The van der Waals surface area contributed by atoms with Gasteiger partial charge < -0.3 is 10.2 Å². The van der Waals surface area contributed by atoms with Gasteiger partial charge in [0.1, 0.15) is 11.5 Å². The first-order valence-corrected chi connectivity index (χ1v) is 8.96. The molecular weight excluding hydrogens is 348 g/mol. The molecule has 1 amide bonds. The van der Waals surface area contributed by atoms with Crippen LogP contribution in [0.3, 0.4) is 0 Å². The lowest BCUT2D eigenvalue weighted by molar-refractivity contribution is 0.122. The molecule has 27 heavy (non-hydrogen) atoms. The van der Waals surface area contributed by atoms with Crippen LogP contribution in [0.1, 0.15) is 37.3 Å². The van der Waals surface area contributed by atoms with Gasteiger partial charge in [-0.15, -0.1) is 0 Å². The molecule has 1 aliphatic carbocycles. The summed E-state index contributed by atoms with van der Waals surface area (Å²) in [5.74, 6) is 0.581. The monoisotopic (exact) mass is 370 g/mol. The Morgan fingerprint density at radius 2 is 2.00 bits per heavy atom. The highest BCUT2D eigenvalue weighted by Crippen LogP contribution is 2.37. The van der Waals surface area contributed by atoms with Crippen molar-refractivity contribution in [1.29, 1.82) is 0 Å². The number of aliphatic hydroxyl groups is 1. The van der Waals surface area contributed by atoms with Crippen LogP contribution in [0.2, 0.25) is 0 Å². The molecule has 3 aromatic rings. The lowest BCUT2D eigenvalue weighted by Gasteiger charge is -2.24. The van der Waals surface area contributed by atoms with Gasteiger partial charge >= 0.3 is 6.09 Å². The number of aryl methyl sites for hydroxylation is 1. The average molecular weight is 370 g/mol. The number of aromatic nitrogens is 5. The quantitative estimate of drug-likeness (QED) is 0.732. The van der Waals surface area contributed by atoms with Crippen molar-refractivity contribution in [3.05, 3.63) is 30.4 Å². The lowest BCUT2D eigenvalue weighted by atomic mass is 9.84. The van der Waals surface area contributed by atoms with Crippen molar-refractivity contribution in [1.82, 2.24) is 24.5 Å². The maximum absolute atomic E-state index is 11.3. The summed E-state index contributed by atoms with van der Waals surface area (Å²) < 4.78 is 3.51. The van der Waals surface area contributed by atoms with Crippen molar-refractivity contribution in [3.8, 4) is 5.69 Å². The van der Waals surface area contributed by atoms with Crippen LogP contribution >= 0.6 is 0 Å². The summed E-state index contributed by atoms with van der Waals surface area (Å²) in [5.41, 5.74) is 2.56. The van der Waals surface area contributed by atoms with Crippen LogP contribution in [0.25, 0.3) is 16.6 Å². The fraction of sp³-hybridized carbons (Fsp3) is 0.444. The number of rotatable bonds is 3. The van der Waals surface area contributed by atoms with Gasteiger partial charge in [0.05, 0.1) is 35.9 Å². The first-order valence-electron chi connectivity index (χ1n) is 8.96. The van der Waals surface area contributed by atoms with E-state index in [1.165, 1.54) is 7.05 Å². The van der Waals surface area contributed by atoms with E-state index in [4.69, 9.17) is 5.10 Å². The summed E-state index contributed by atoms with van der Waals surface area (Å²) in [6.45, 7) is 0. The molecule has 0 atom stereocenters. The number of nitrogens with zero attached hydrogens (tertiary/aromatic N) is 6. The molecule has 9 heteroatoms. The van der Waals surface area contributed by atoms with Crippen LogP contribution in [0, 0.1) is 0 Å². The van der Waals surface area contributed by atoms with Crippen molar-refractivity contribution in [3.63, 3.8) is 0 Å². The largest absolute Gasteiger partial charge is 0.465 e. The summed E-state index contributed by atoms with van der Waals surface area (Å²) in [4.78, 5) is 16.7. The molecular formula is C18H22N6O3. The summed E-state index contributed by atoms with van der Waals surface area (Å²) in [6, 6.07) is 1.78. The number of carbonyl (C=O) groups is 1. The van der Waals surface area contributed by atoms with Gasteiger partial charge in [-0.1, -0.05) is 0 Å². The highest BCUT2D eigenvalue weighted by molar-refractivity contribution is 5.90. The molecule has 0 saturated heterocycles. The van der Waals surface area contributed by atoms with Crippen molar-refractivity contribution >= 4 is 22.8 Å². The van der Waals surface area contributed by atoms with E-state index in [1.54, 1.807) is 27.8 Å². The molecule has 0 bridgehead atoms. The molecule has 0 aromatic carbocycles. The van der Waals surface area contributed by atoms with Crippen molar-refractivity contribution in [2.24, 2.45) is 7.05 Å². The van der Waals surface area contributed by atoms with Gasteiger partial charge in [-0.3, -0.25) is 9.58 Å². The van der Waals surface area contributed by atoms with Crippen LogP contribution in [-0.2, 0) is 7.05 Å². The van der Waals surface area contributed by atoms with Crippen LogP contribution in [0.15, 0.2) is 24.7 Å². The second kappa shape index (κ2) is 6.66. The molecule has 0 radical (unpaired) electrons. The third-order valence-electron chi connectivity index (χ3n) is 5.23. The molecule has 0 unspecified atom stereocenters. The van der Waals surface area contributed by atoms with Gasteiger partial charge in [-0.25, -0.2) is 14.5 Å². The number of hydrogen-bond acceptors (Lipinski definition) is 5. The molecule has 9 nitrogen and oxygen atoms in total. The highest BCUT2D eigenvalue weighted by atomic mass is 16.4. The zero-order chi connectivity index (χ0) is 19.1. The standard InChI is InChI=1S/C18H22N6O3/c1-22-10-12(8-20-22)24-15-9-19-16(23(2)18(26)27)7-14(15)17(21-24)11-3-5-13(25)6-4-11/h7-11,13,25H,3-6H2,1-2H3,(H,26,27). The molecule has 2 N–H and O–H groups in total. The molecule has 0 spiro atoms. The van der Waals surface area contributed by atoms with Crippen LogP contribution in [0.5, 0.6) is 0 Å². The van der Waals surface area contributed by atoms with Crippen LogP contribution < -0.4 is 4.90 Å². The van der Waals surface area contributed by atoms with Gasteiger partial charge in [-0.05, 0) is 31.7 Å². The Hall–Kier alpha value is -2.94. The Morgan fingerprint density at radius 3 is 2.63 bits per heavy atom. The van der Waals surface area contributed by atoms with E-state index in [2.05, 4.69) is 10.1 Å². The molecule has 3 heterocycles. The molecule has 3 aromatic heterocycles. The Kier molecular flexibility index (Phi) is 4.31. The van der Waals surface area contributed by atoms with Gasteiger partial charge in [0.2, 0.25) is 0 Å². The minimum Gasteiger partial charge on any atom is -0.465 e. The minimum absolute atomic E-state index is 0.221. The predicted molar refractivity (Wildman–Crippen MR) is 99.3 cm³/mol. The first-order chi connectivity index (χ1) is 12.9. The molecule has 4 rings (SSSR count). The molecule has 1 fully saturated rings. The minimum atomic E-state index is -1.07. The SMILES string of the molecule is CN(C(=O)O)c1cc2c(C3CCC(O)CC3)nn(-c3cnn(C)c3)c2cn1. The smallest absolute Gasteiger partial charge is 0.412 e. The normalized spacial score (nSPS) is 20.1. The second-order valence-electron chi connectivity index (χ2n) is 7.08. The van der Waals surface area contributed by atoms with Crippen molar-refractivity contribution in [2.75, 3.05) is 11.9 Å². The Labute approximate surface area is 155 Å². The fourth-order valence-corrected chi connectivity index (χ4v) is 3.67. The summed E-state index contributed by atoms with van der Waals surface area (Å²) in [7, 11) is 3.31. The molecule has 1 aliphatic rings. The van der Waals surface area contributed by atoms with Crippen LogP contribution in [0.4, 0.5) is 10.6 Å². The van der Waals surface area contributed by atoms with E-state index in [9.17, 15) is 15.0 Å². The number of hydrogen-bond donors (Lipinski definition) is 2. The van der Waals surface area contributed by atoms with Gasteiger partial charge in [-0.2, -0.15) is 10.2 Å². The third-order valence-corrected chi connectivity index (χ3v) is 5.23. The van der Waals surface area contributed by atoms with E-state index >= 15 is 0 Å². The summed E-state index contributed by atoms with van der Waals surface area (Å²) >= 11 is 0. The average Bonchev–Trinajstić information content (AvgIpc) is 3.24. The van der Waals surface area contributed by atoms with Gasteiger partial charge in [0.15, 0.2) is 0 Å². The highest BCUT2D eigenvalue weighted by Gasteiger charge is 2.27. The summed E-state index contributed by atoms with van der Waals surface area (Å²) in [6.07, 6.45) is 7.16. The first kappa shape index (κ1) is 17.5. The Morgan fingerprint density at radius 1 is 1.26 bits per heavy atom. The van der Waals surface area contributed by atoms with E-state index in [0.717, 1.165) is 52.9 Å². The van der Waals surface area contributed by atoms with E-state index in [1.807, 2.05) is 13.2 Å². The van der Waals surface area contributed by atoms with Crippen molar-refractivity contribution in [2.45, 2.75) is 37.7 Å². The zero-order valence-electron chi connectivity index (χ0n) is 15.3. The van der Waals surface area contributed by atoms with Gasteiger partial charge in [0, 0.05) is 25.4 Å². The Balaban J connectivity index is 1.86. The van der Waals surface area contributed by atoms with E-state index in [0.29, 0.717) is 5.82 Å². The van der Waals surface area contributed by atoms with Crippen molar-refractivity contribution < 1.29 is 15.0 Å². The summed E-state index contributed by atoms with van der Waals surface area (Å²) in [5, 5.41) is 29.0. The maximum atomic E-state index is 11.3. The Bertz CT molecular complexity index is 986. The fourth-order valence-electron chi connectivity index (χ4n) is 3.67. The maximum Gasteiger partial charge on any atom is 0.412 e.